The van der Waals surface area contributed by atoms with E-state index in [9.17, 15) is 8.42 Å². The Hall–Kier alpha value is -1.86. The molecule has 0 radical (unpaired) electrons. The van der Waals surface area contributed by atoms with Crippen molar-refractivity contribution in [3.05, 3.63) is 42.0 Å². The van der Waals surface area contributed by atoms with E-state index in [-0.39, 0.29) is 4.90 Å². The molecule has 0 spiro atoms. The van der Waals surface area contributed by atoms with E-state index in [1.54, 1.807) is 6.07 Å². The molecule has 0 aromatic carbocycles. The first kappa shape index (κ1) is 14.5. The molecule has 0 amide bonds. The monoisotopic (exact) mass is 295 g/mol. The Morgan fingerprint density at radius 1 is 1.30 bits per heavy atom. The van der Waals surface area contributed by atoms with Crippen molar-refractivity contribution in [1.82, 2.24) is 9.71 Å². The number of nitrogens with one attached hydrogen (secondary N) is 1. The van der Waals surface area contributed by atoms with Gasteiger partial charge in [0.15, 0.2) is 0 Å². The number of furan rings is 1. The fourth-order valence-corrected chi connectivity index (χ4v) is 2.43. The molecule has 6 nitrogen and oxygen atoms in total. The minimum atomic E-state index is -3.45. The third kappa shape index (κ3) is 3.17. The van der Waals surface area contributed by atoms with E-state index in [0.29, 0.717) is 12.4 Å². The van der Waals surface area contributed by atoms with E-state index in [4.69, 9.17) is 4.42 Å². The van der Waals surface area contributed by atoms with Crippen molar-refractivity contribution in [2.24, 2.45) is 0 Å². The van der Waals surface area contributed by atoms with Crippen LogP contribution in [0.25, 0.3) is 0 Å². The van der Waals surface area contributed by atoms with Gasteiger partial charge in [0.25, 0.3) is 0 Å². The van der Waals surface area contributed by atoms with Crippen LogP contribution in [0, 0.1) is 6.92 Å². The maximum absolute atomic E-state index is 11.6. The highest BCUT2D eigenvalue weighted by Gasteiger charge is 2.13. The van der Waals surface area contributed by atoms with Crippen molar-refractivity contribution in [1.29, 1.82) is 0 Å². The van der Waals surface area contributed by atoms with Crippen molar-refractivity contribution in [3.63, 3.8) is 0 Å². The molecule has 0 unspecified atom stereocenters. The molecule has 1 N–H and O–H groups in total. The van der Waals surface area contributed by atoms with Crippen LogP contribution in [-0.2, 0) is 16.6 Å². The number of aryl methyl sites for hydroxylation is 1. The van der Waals surface area contributed by atoms with Gasteiger partial charge in [-0.3, -0.25) is 0 Å². The number of hydrogen-bond donors (Lipinski definition) is 1. The van der Waals surface area contributed by atoms with Crippen molar-refractivity contribution in [2.75, 3.05) is 19.0 Å². The molecule has 0 atom stereocenters. The summed E-state index contributed by atoms with van der Waals surface area (Å²) < 4.78 is 30.9. The Morgan fingerprint density at radius 3 is 2.55 bits per heavy atom. The molecular weight excluding hydrogens is 278 g/mol. The van der Waals surface area contributed by atoms with E-state index in [1.165, 1.54) is 19.3 Å². The summed E-state index contributed by atoms with van der Waals surface area (Å²) in [7, 11) is -0.209. The lowest BCUT2D eigenvalue weighted by Gasteiger charge is -2.16. The molecule has 20 heavy (non-hydrogen) atoms. The second-order valence-electron chi connectivity index (χ2n) is 4.43. The maximum atomic E-state index is 11.6. The summed E-state index contributed by atoms with van der Waals surface area (Å²) in [6, 6.07) is 7.00. The Balaban J connectivity index is 2.13. The van der Waals surface area contributed by atoms with Crippen LogP contribution in [0.4, 0.5) is 5.82 Å². The Morgan fingerprint density at radius 2 is 2.05 bits per heavy atom. The van der Waals surface area contributed by atoms with Crippen LogP contribution in [0.3, 0.4) is 0 Å². The number of sulfonamides is 1. The average molecular weight is 295 g/mol. The minimum Gasteiger partial charge on any atom is -0.464 e. The van der Waals surface area contributed by atoms with E-state index in [2.05, 4.69) is 9.71 Å². The zero-order valence-corrected chi connectivity index (χ0v) is 12.4. The number of pyridine rings is 1. The van der Waals surface area contributed by atoms with Gasteiger partial charge in [0, 0.05) is 13.2 Å². The van der Waals surface area contributed by atoms with Crippen LogP contribution in [0.5, 0.6) is 0 Å². The van der Waals surface area contributed by atoms with Gasteiger partial charge < -0.3 is 9.32 Å². The van der Waals surface area contributed by atoms with E-state index in [0.717, 1.165) is 11.5 Å². The van der Waals surface area contributed by atoms with Gasteiger partial charge in [-0.15, -0.1) is 0 Å². The summed E-state index contributed by atoms with van der Waals surface area (Å²) in [6.45, 7) is 2.46. The molecule has 2 aromatic rings. The predicted molar refractivity (Wildman–Crippen MR) is 76.0 cm³/mol. The molecule has 0 saturated carbocycles. The van der Waals surface area contributed by atoms with Gasteiger partial charge in [-0.2, -0.15) is 0 Å². The van der Waals surface area contributed by atoms with Crippen molar-refractivity contribution in [3.8, 4) is 0 Å². The van der Waals surface area contributed by atoms with Gasteiger partial charge >= 0.3 is 0 Å². The second-order valence-corrected chi connectivity index (χ2v) is 6.31. The lowest BCUT2D eigenvalue weighted by molar-refractivity contribution is 0.481. The molecule has 0 aliphatic carbocycles. The second kappa shape index (κ2) is 5.64. The fourth-order valence-electron chi connectivity index (χ4n) is 1.76. The first-order valence-corrected chi connectivity index (χ1v) is 7.57. The molecule has 2 aromatic heterocycles. The van der Waals surface area contributed by atoms with Gasteiger partial charge in [-0.05, 0) is 38.2 Å². The van der Waals surface area contributed by atoms with Gasteiger partial charge in [-0.1, -0.05) is 0 Å². The molecule has 2 rings (SSSR count). The highest BCUT2D eigenvalue weighted by atomic mass is 32.2. The number of aromatic nitrogens is 1. The highest BCUT2D eigenvalue weighted by molar-refractivity contribution is 7.89. The van der Waals surface area contributed by atoms with Crippen LogP contribution in [-0.4, -0.2) is 27.5 Å². The molecule has 7 heteroatoms. The molecule has 108 valence electrons. The maximum Gasteiger partial charge on any atom is 0.241 e. The van der Waals surface area contributed by atoms with E-state index in [1.807, 2.05) is 31.0 Å². The number of rotatable bonds is 5. The van der Waals surface area contributed by atoms with Crippen molar-refractivity contribution >= 4 is 15.8 Å². The summed E-state index contributed by atoms with van der Waals surface area (Å²) in [5.41, 5.74) is 0. The molecule has 0 aliphatic heterocycles. The summed E-state index contributed by atoms with van der Waals surface area (Å²) in [4.78, 5) is 6.19. The third-order valence-electron chi connectivity index (χ3n) is 2.88. The Bertz CT molecular complexity index is 677. The SMILES string of the molecule is CNS(=O)(=O)c1ccc(N(C)Cc2ccc(C)o2)nc1. The predicted octanol–water partition coefficient (Wildman–Crippen LogP) is 1.53. The van der Waals surface area contributed by atoms with Crippen molar-refractivity contribution < 1.29 is 12.8 Å². The third-order valence-corrected chi connectivity index (χ3v) is 4.28. The fraction of sp³-hybridized carbons (Fsp3) is 0.308. The first-order valence-electron chi connectivity index (χ1n) is 6.08. The van der Waals surface area contributed by atoms with Crippen LogP contribution in [0.2, 0.25) is 0 Å². The van der Waals surface area contributed by atoms with E-state index >= 15 is 0 Å². The van der Waals surface area contributed by atoms with Crippen LogP contribution in [0.15, 0.2) is 39.8 Å². The van der Waals surface area contributed by atoms with Crippen LogP contribution in [0.1, 0.15) is 11.5 Å². The Kier molecular flexibility index (Phi) is 4.10. The average Bonchev–Trinajstić information content (AvgIpc) is 2.84. The molecule has 2 heterocycles. The molecule has 0 saturated heterocycles. The Labute approximate surface area is 118 Å². The van der Waals surface area contributed by atoms with Crippen LogP contribution >= 0.6 is 0 Å². The van der Waals surface area contributed by atoms with Crippen molar-refractivity contribution in [2.45, 2.75) is 18.4 Å². The quantitative estimate of drug-likeness (QED) is 0.905. The molecule has 0 aliphatic rings. The molecule has 0 bridgehead atoms. The normalized spacial score (nSPS) is 11.6. The lowest BCUT2D eigenvalue weighted by atomic mass is 10.4. The van der Waals surface area contributed by atoms with Gasteiger partial charge in [0.2, 0.25) is 10.0 Å². The van der Waals surface area contributed by atoms with Gasteiger partial charge in [-0.25, -0.2) is 18.1 Å². The summed E-state index contributed by atoms with van der Waals surface area (Å²) in [6.07, 6.45) is 1.34. The summed E-state index contributed by atoms with van der Waals surface area (Å²) in [5.74, 6) is 2.37. The van der Waals surface area contributed by atoms with Gasteiger partial charge in [0.05, 0.1) is 6.54 Å². The largest absolute Gasteiger partial charge is 0.464 e. The molecule has 0 fully saturated rings. The smallest absolute Gasteiger partial charge is 0.241 e. The highest BCUT2D eigenvalue weighted by Crippen LogP contribution is 2.16. The summed E-state index contributed by atoms with van der Waals surface area (Å²) >= 11 is 0. The number of hydrogen-bond acceptors (Lipinski definition) is 5. The standard InChI is InChI=1S/C13H17N3O3S/c1-10-4-5-11(19-10)9-16(3)13-7-6-12(8-15-13)20(17,18)14-2/h4-8,14H,9H2,1-3H3. The molecular formula is C13H17N3O3S. The van der Waals surface area contributed by atoms with Gasteiger partial charge in [0.1, 0.15) is 22.2 Å². The zero-order chi connectivity index (χ0) is 14.8. The number of anilines is 1. The minimum absolute atomic E-state index is 0.144. The topological polar surface area (TPSA) is 75.4 Å². The summed E-state index contributed by atoms with van der Waals surface area (Å²) in [5, 5.41) is 0. The lowest BCUT2D eigenvalue weighted by Crippen LogP contribution is -2.20. The first-order chi connectivity index (χ1) is 9.42. The zero-order valence-electron chi connectivity index (χ0n) is 11.6. The van der Waals surface area contributed by atoms with E-state index < -0.39 is 10.0 Å². The van der Waals surface area contributed by atoms with Crippen LogP contribution < -0.4 is 9.62 Å². The number of nitrogens with zero attached hydrogens (tertiary/aromatic N) is 2.